The molecule has 0 saturated carbocycles. The van der Waals surface area contributed by atoms with Crippen LogP contribution >= 0.6 is 0 Å². The van der Waals surface area contributed by atoms with Crippen molar-refractivity contribution in [3.05, 3.63) is 59.4 Å². The standard InChI is InChI=1S/C19H18FNO4/c1-11(2)24-16-8-7-12(20)9-15(16)21-18(22)10-17-13-5-3-4-6-14(13)19(23)25-17/h3-9,11,17H,10H2,1-2H3,(H,21,22)/t17-/m1/s1. The number of halogens is 1. The van der Waals surface area contributed by atoms with Gasteiger partial charge < -0.3 is 14.8 Å². The second-order valence-corrected chi connectivity index (χ2v) is 6.04. The van der Waals surface area contributed by atoms with Crippen LogP contribution in [0.3, 0.4) is 0 Å². The first kappa shape index (κ1) is 17.0. The van der Waals surface area contributed by atoms with Crippen LogP contribution in [0, 0.1) is 5.82 Å². The molecule has 25 heavy (non-hydrogen) atoms. The van der Waals surface area contributed by atoms with Gasteiger partial charge in [0.25, 0.3) is 0 Å². The molecule has 1 aliphatic rings. The lowest BCUT2D eigenvalue weighted by atomic mass is 10.0. The number of carbonyl (C=O) groups excluding carboxylic acids is 2. The number of cyclic esters (lactones) is 1. The largest absolute Gasteiger partial charge is 0.489 e. The van der Waals surface area contributed by atoms with E-state index < -0.39 is 23.8 Å². The lowest BCUT2D eigenvalue weighted by molar-refractivity contribution is -0.118. The van der Waals surface area contributed by atoms with E-state index in [0.29, 0.717) is 16.9 Å². The number of esters is 1. The Bertz CT molecular complexity index is 819. The fourth-order valence-corrected chi connectivity index (χ4v) is 2.70. The van der Waals surface area contributed by atoms with Crippen molar-refractivity contribution in [1.29, 1.82) is 0 Å². The van der Waals surface area contributed by atoms with Crippen molar-refractivity contribution in [1.82, 2.24) is 0 Å². The minimum absolute atomic E-state index is 0.0552. The second kappa shape index (κ2) is 6.93. The zero-order chi connectivity index (χ0) is 18.0. The van der Waals surface area contributed by atoms with E-state index in [1.807, 2.05) is 13.8 Å². The third kappa shape index (κ3) is 3.79. The van der Waals surface area contributed by atoms with Gasteiger partial charge in [0.1, 0.15) is 17.7 Å². The van der Waals surface area contributed by atoms with E-state index in [2.05, 4.69) is 5.32 Å². The average molecular weight is 343 g/mol. The maximum Gasteiger partial charge on any atom is 0.339 e. The highest BCUT2D eigenvalue weighted by molar-refractivity contribution is 5.96. The molecule has 5 nitrogen and oxygen atoms in total. The topological polar surface area (TPSA) is 64.6 Å². The maximum atomic E-state index is 13.5. The van der Waals surface area contributed by atoms with Gasteiger partial charge in [-0.25, -0.2) is 9.18 Å². The van der Waals surface area contributed by atoms with Gasteiger partial charge >= 0.3 is 5.97 Å². The van der Waals surface area contributed by atoms with Crippen LogP contribution in [-0.4, -0.2) is 18.0 Å². The number of hydrogen-bond acceptors (Lipinski definition) is 4. The molecule has 3 rings (SSSR count). The van der Waals surface area contributed by atoms with Crippen molar-refractivity contribution < 1.29 is 23.5 Å². The Labute approximate surface area is 144 Å². The summed E-state index contributed by atoms with van der Waals surface area (Å²) in [5, 5.41) is 2.63. The molecule has 1 N–H and O–H groups in total. The first-order chi connectivity index (χ1) is 11.9. The average Bonchev–Trinajstić information content (AvgIpc) is 2.86. The molecule has 1 aliphatic heterocycles. The van der Waals surface area contributed by atoms with Crippen molar-refractivity contribution in [3.8, 4) is 5.75 Å². The number of anilines is 1. The monoisotopic (exact) mass is 343 g/mol. The van der Waals surface area contributed by atoms with Crippen LogP contribution in [-0.2, 0) is 9.53 Å². The molecule has 0 aliphatic carbocycles. The number of nitrogens with one attached hydrogen (secondary N) is 1. The molecule has 2 aromatic rings. The number of benzene rings is 2. The lowest BCUT2D eigenvalue weighted by Gasteiger charge is -2.16. The third-order valence-corrected chi connectivity index (χ3v) is 3.73. The van der Waals surface area contributed by atoms with Crippen LogP contribution < -0.4 is 10.1 Å². The van der Waals surface area contributed by atoms with Crippen LogP contribution in [0.4, 0.5) is 10.1 Å². The van der Waals surface area contributed by atoms with Gasteiger partial charge in [-0.1, -0.05) is 18.2 Å². The van der Waals surface area contributed by atoms with E-state index in [4.69, 9.17) is 9.47 Å². The van der Waals surface area contributed by atoms with Gasteiger partial charge in [0.2, 0.25) is 5.91 Å². The van der Waals surface area contributed by atoms with Gasteiger partial charge in [-0.2, -0.15) is 0 Å². The fraction of sp³-hybridized carbons (Fsp3) is 0.263. The van der Waals surface area contributed by atoms with Crippen molar-refractivity contribution in [3.63, 3.8) is 0 Å². The summed E-state index contributed by atoms with van der Waals surface area (Å²) in [6.07, 6.45) is -0.823. The van der Waals surface area contributed by atoms with E-state index >= 15 is 0 Å². The first-order valence-electron chi connectivity index (χ1n) is 8.00. The molecular formula is C19H18FNO4. The van der Waals surface area contributed by atoms with Gasteiger partial charge in [-0.15, -0.1) is 0 Å². The van der Waals surface area contributed by atoms with Crippen molar-refractivity contribution >= 4 is 17.6 Å². The molecule has 1 atom stereocenters. The van der Waals surface area contributed by atoms with Crippen LogP contribution in [0.5, 0.6) is 5.75 Å². The summed E-state index contributed by atoms with van der Waals surface area (Å²) < 4.78 is 24.3. The Kier molecular flexibility index (Phi) is 4.70. The normalized spacial score (nSPS) is 15.7. The predicted molar refractivity (Wildman–Crippen MR) is 90.0 cm³/mol. The number of ether oxygens (including phenoxy) is 2. The third-order valence-electron chi connectivity index (χ3n) is 3.73. The predicted octanol–water partition coefficient (Wildman–Crippen LogP) is 3.85. The molecule has 0 fully saturated rings. The number of carbonyl (C=O) groups is 2. The molecule has 0 spiro atoms. The van der Waals surface area contributed by atoms with Gasteiger partial charge in [0.05, 0.1) is 23.8 Å². The summed E-state index contributed by atoms with van der Waals surface area (Å²) in [5.41, 5.74) is 1.40. The summed E-state index contributed by atoms with van der Waals surface area (Å²) in [4.78, 5) is 24.2. The summed E-state index contributed by atoms with van der Waals surface area (Å²) in [7, 11) is 0. The molecule has 0 bridgehead atoms. The molecule has 0 unspecified atom stereocenters. The Morgan fingerprint density at radius 2 is 2.04 bits per heavy atom. The Morgan fingerprint density at radius 1 is 1.28 bits per heavy atom. The summed E-state index contributed by atoms with van der Waals surface area (Å²) in [6, 6.07) is 10.9. The van der Waals surface area contributed by atoms with Crippen LogP contribution in [0.25, 0.3) is 0 Å². The summed E-state index contributed by atoms with van der Waals surface area (Å²) in [6.45, 7) is 3.67. The van der Waals surface area contributed by atoms with E-state index in [1.165, 1.54) is 18.2 Å². The Balaban J connectivity index is 1.74. The zero-order valence-electron chi connectivity index (χ0n) is 13.9. The minimum Gasteiger partial charge on any atom is -0.489 e. The van der Waals surface area contributed by atoms with Gasteiger partial charge in [0, 0.05) is 11.6 Å². The smallest absolute Gasteiger partial charge is 0.339 e. The number of amides is 1. The summed E-state index contributed by atoms with van der Waals surface area (Å²) in [5.74, 6) is -0.936. The molecule has 6 heteroatoms. The first-order valence-corrected chi connectivity index (χ1v) is 8.00. The highest BCUT2D eigenvalue weighted by atomic mass is 19.1. The van der Waals surface area contributed by atoms with E-state index in [0.717, 1.165) is 0 Å². The van der Waals surface area contributed by atoms with E-state index in [9.17, 15) is 14.0 Å². The van der Waals surface area contributed by atoms with Gasteiger partial charge in [-0.05, 0) is 32.0 Å². The van der Waals surface area contributed by atoms with Crippen LogP contribution in [0.15, 0.2) is 42.5 Å². The van der Waals surface area contributed by atoms with Crippen LogP contribution in [0.2, 0.25) is 0 Å². The number of hydrogen-bond donors (Lipinski definition) is 1. The molecule has 1 heterocycles. The van der Waals surface area contributed by atoms with Crippen LogP contribution in [0.1, 0.15) is 42.3 Å². The molecule has 130 valence electrons. The molecule has 0 saturated heterocycles. The Morgan fingerprint density at radius 3 is 2.80 bits per heavy atom. The Hall–Kier alpha value is -2.89. The molecule has 0 radical (unpaired) electrons. The highest BCUT2D eigenvalue weighted by Gasteiger charge is 2.32. The summed E-state index contributed by atoms with van der Waals surface area (Å²) >= 11 is 0. The van der Waals surface area contributed by atoms with Gasteiger partial charge in [0.15, 0.2) is 0 Å². The maximum absolute atomic E-state index is 13.5. The van der Waals surface area contributed by atoms with E-state index in [-0.39, 0.29) is 18.2 Å². The minimum atomic E-state index is -0.647. The molecule has 1 amide bonds. The molecular weight excluding hydrogens is 325 g/mol. The molecule has 2 aromatic carbocycles. The van der Waals surface area contributed by atoms with Crippen molar-refractivity contribution in [2.24, 2.45) is 0 Å². The van der Waals surface area contributed by atoms with Gasteiger partial charge in [-0.3, -0.25) is 4.79 Å². The quantitative estimate of drug-likeness (QED) is 0.838. The number of rotatable bonds is 5. The second-order valence-electron chi connectivity index (χ2n) is 6.04. The van der Waals surface area contributed by atoms with E-state index in [1.54, 1.807) is 24.3 Å². The lowest BCUT2D eigenvalue weighted by Crippen LogP contribution is -2.17. The van der Waals surface area contributed by atoms with Crippen molar-refractivity contribution in [2.75, 3.05) is 5.32 Å². The zero-order valence-corrected chi connectivity index (χ0v) is 13.9. The van der Waals surface area contributed by atoms with Crippen molar-refractivity contribution in [2.45, 2.75) is 32.5 Å². The SMILES string of the molecule is CC(C)Oc1ccc(F)cc1NC(=O)C[C@H]1OC(=O)c2ccccc21. The molecule has 0 aromatic heterocycles. The fourth-order valence-electron chi connectivity index (χ4n) is 2.70. The number of fused-ring (bicyclic) bond motifs is 1. The highest BCUT2D eigenvalue weighted by Crippen LogP contribution is 2.33.